The number of carboxylic acid groups (broad SMARTS) is 1. The zero-order valence-electron chi connectivity index (χ0n) is 10.7. The summed E-state index contributed by atoms with van der Waals surface area (Å²) in [6.45, 7) is -0.0671. The second-order valence-electron chi connectivity index (χ2n) is 3.41. The zero-order chi connectivity index (χ0) is 13.2. The van der Waals surface area contributed by atoms with Crippen LogP contribution < -0.4 is 29.6 Å². The molecule has 0 bridgehead atoms. The Hall–Kier alpha value is -0.150. The predicted molar refractivity (Wildman–Crippen MR) is 64.2 cm³/mol. The molecule has 0 fully saturated rings. The monoisotopic (exact) mass is 318 g/mol. The van der Waals surface area contributed by atoms with E-state index in [-0.39, 0.29) is 62.7 Å². The van der Waals surface area contributed by atoms with Crippen LogP contribution in [0, 0.1) is 0 Å². The molecule has 0 radical (unpaired) electrons. The van der Waals surface area contributed by atoms with Gasteiger partial charge < -0.3 is 15.3 Å². The van der Waals surface area contributed by atoms with E-state index >= 15 is 0 Å². The van der Waals surface area contributed by atoms with Crippen LogP contribution in [0.3, 0.4) is 0 Å². The molecule has 0 spiro atoms. The smallest absolute Gasteiger partial charge is 0.870 e. The summed E-state index contributed by atoms with van der Waals surface area (Å²) in [6.07, 6.45) is 1.03. The van der Waals surface area contributed by atoms with Gasteiger partial charge in [-0.1, -0.05) is 11.6 Å². The van der Waals surface area contributed by atoms with Gasteiger partial charge in [0.25, 0.3) is 0 Å². The summed E-state index contributed by atoms with van der Waals surface area (Å²) >= 11 is 5.87. The first-order valence-corrected chi connectivity index (χ1v) is 6.79. The number of halogens is 1. The molecule has 0 aromatic heterocycles. The Morgan fingerprint density at radius 2 is 1.95 bits per heavy atom. The number of benzene rings is 1. The molecule has 1 rings (SSSR count). The van der Waals surface area contributed by atoms with Crippen molar-refractivity contribution in [3.8, 4) is 0 Å². The first kappa shape index (κ1) is 21.2. The first-order valence-electron chi connectivity index (χ1n) is 4.52. The third kappa shape index (κ3) is 5.03. The molecule has 0 amide bonds. The van der Waals surface area contributed by atoms with Gasteiger partial charge in [-0.25, -0.2) is 13.2 Å². The maximum Gasteiger partial charge on any atom is 1.00 e. The molecular weight excluding hydrogens is 307 g/mol. The molecule has 9 heteroatoms. The van der Waals surface area contributed by atoms with Gasteiger partial charge in [0.2, 0.25) is 0 Å². The summed E-state index contributed by atoms with van der Waals surface area (Å²) in [5, 5.41) is 8.77. The molecule has 19 heavy (non-hydrogen) atoms. The Morgan fingerprint density at radius 1 is 1.42 bits per heavy atom. The number of rotatable bonds is 4. The second-order valence-corrected chi connectivity index (χ2v) is 5.78. The van der Waals surface area contributed by atoms with E-state index in [0.29, 0.717) is 0 Å². The van der Waals surface area contributed by atoms with Crippen LogP contribution in [0.1, 0.15) is 15.9 Å². The van der Waals surface area contributed by atoms with E-state index in [1.54, 1.807) is 0 Å². The predicted octanol–water partition coefficient (Wildman–Crippen LogP) is -1.58. The largest absolute Gasteiger partial charge is 1.00 e. The molecule has 1 aromatic rings. The standard InChI is InChI=1S/C10H11ClO5S.Na.H2O/c1-16-5-7-8(17(2,14)15)4-3-6(9(7)11)10(12)13;;/h3-4H,5H2,1-2H3,(H,12,13);;1H2/q;+1;/p-1. The summed E-state index contributed by atoms with van der Waals surface area (Å²) in [7, 11) is -2.11. The van der Waals surface area contributed by atoms with Crippen LogP contribution in [0.2, 0.25) is 5.02 Å². The van der Waals surface area contributed by atoms with Crippen LogP contribution in [-0.2, 0) is 21.2 Å². The van der Waals surface area contributed by atoms with Crippen LogP contribution in [0.4, 0.5) is 0 Å². The molecular formula is C10H12ClNaO6S. The molecule has 0 atom stereocenters. The molecule has 0 heterocycles. The van der Waals surface area contributed by atoms with E-state index in [4.69, 9.17) is 21.4 Å². The molecule has 102 valence electrons. The van der Waals surface area contributed by atoms with E-state index in [2.05, 4.69) is 0 Å². The molecule has 1 aromatic carbocycles. The topological polar surface area (TPSA) is 111 Å². The molecule has 0 aliphatic carbocycles. The Kier molecular flexibility index (Phi) is 9.14. The summed E-state index contributed by atoms with van der Waals surface area (Å²) in [6, 6.07) is 2.39. The number of aromatic carboxylic acids is 1. The Balaban J connectivity index is 0. The van der Waals surface area contributed by atoms with E-state index < -0.39 is 15.8 Å². The zero-order valence-corrected chi connectivity index (χ0v) is 14.2. The van der Waals surface area contributed by atoms with Gasteiger partial charge in [0, 0.05) is 18.9 Å². The van der Waals surface area contributed by atoms with Crippen LogP contribution >= 0.6 is 11.6 Å². The quantitative estimate of drug-likeness (QED) is 0.670. The number of sulfone groups is 1. The van der Waals surface area contributed by atoms with Gasteiger partial charge in [0.05, 0.1) is 22.1 Å². The third-order valence-corrected chi connectivity index (χ3v) is 3.73. The van der Waals surface area contributed by atoms with Crippen LogP contribution in [-0.4, -0.2) is 38.3 Å². The van der Waals surface area contributed by atoms with Gasteiger partial charge in [-0.15, -0.1) is 0 Å². The van der Waals surface area contributed by atoms with Gasteiger partial charge >= 0.3 is 35.5 Å². The number of hydrogen-bond donors (Lipinski definition) is 1. The summed E-state index contributed by atoms with van der Waals surface area (Å²) < 4.78 is 27.8. The summed E-state index contributed by atoms with van der Waals surface area (Å²) in [5.74, 6) is -1.22. The summed E-state index contributed by atoms with van der Waals surface area (Å²) in [4.78, 5) is 10.8. The first-order chi connectivity index (χ1) is 7.79. The second kappa shape index (κ2) is 8.21. The molecule has 0 saturated carbocycles. The Morgan fingerprint density at radius 3 is 2.32 bits per heavy atom. The van der Waals surface area contributed by atoms with Gasteiger partial charge in [0.15, 0.2) is 9.84 Å². The third-order valence-electron chi connectivity index (χ3n) is 2.12. The number of carboxylic acids is 1. The molecule has 0 saturated heterocycles. The van der Waals surface area contributed by atoms with E-state index in [1.807, 2.05) is 0 Å². The molecule has 0 aliphatic heterocycles. The number of hydrogen-bond acceptors (Lipinski definition) is 5. The van der Waals surface area contributed by atoms with Crippen LogP contribution in [0.5, 0.6) is 0 Å². The average molecular weight is 319 g/mol. The van der Waals surface area contributed by atoms with E-state index in [0.717, 1.165) is 6.26 Å². The summed E-state index contributed by atoms with van der Waals surface area (Å²) in [5.41, 5.74) is 0.0164. The average Bonchev–Trinajstić information content (AvgIpc) is 2.18. The fourth-order valence-corrected chi connectivity index (χ4v) is 2.67. The van der Waals surface area contributed by atoms with Crippen LogP contribution in [0.25, 0.3) is 0 Å². The Bertz CT molecular complexity index is 557. The minimum atomic E-state index is -3.48. The molecule has 2 N–H and O–H groups in total. The van der Waals surface area contributed by atoms with Crippen molar-refractivity contribution in [2.45, 2.75) is 11.5 Å². The molecule has 0 aliphatic rings. The number of carbonyl (C=O) groups is 1. The van der Waals surface area contributed by atoms with E-state index in [1.165, 1.54) is 19.2 Å². The van der Waals surface area contributed by atoms with Crippen molar-refractivity contribution >= 4 is 27.4 Å². The molecule has 0 unspecified atom stereocenters. The molecule has 6 nitrogen and oxygen atoms in total. The van der Waals surface area contributed by atoms with Crippen molar-refractivity contribution < 1.29 is 58.1 Å². The number of methoxy groups -OCH3 is 1. The fraction of sp³-hybridized carbons (Fsp3) is 0.300. The van der Waals surface area contributed by atoms with Crippen molar-refractivity contribution in [2.75, 3.05) is 13.4 Å². The Labute approximate surface area is 138 Å². The SMILES string of the molecule is COCc1c(S(C)(=O)=O)ccc(C(=O)O)c1Cl.[Na+].[OH-]. The minimum Gasteiger partial charge on any atom is -0.870 e. The fourth-order valence-electron chi connectivity index (χ4n) is 1.39. The van der Waals surface area contributed by atoms with Gasteiger partial charge in [-0.3, -0.25) is 0 Å². The van der Waals surface area contributed by atoms with Crippen LogP contribution in [0.15, 0.2) is 17.0 Å². The van der Waals surface area contributed by atoms with Crippen molar-refractivity contribution in [3.05, 3.63) is 28.3 Å². The maximum atomic E-state index is 11.5. The van der Waals surface area contributed by atoms with Crippen molar-refractivity contribution in [3.63, 3.8) is 0 Å². The maximum absolute atomic E-state index is 11.5. The van der Waals surface area contributed by atoms with Crippen molar-refractivity contribution in [1.82, 2.24) is 0 Å². The van der Waals surface area contributed by atoms with E-state index in [9.17, 15) is 13.2 Å². The number of ether oxygens (including phenoxy) is 1. The van der Waals surface area contributed by atoms with Gasteiger partial charge in [-0.2, -0.15) is 0 Å². The van der Waals surface area contributed by atoms with Crippen molar-refractivity contribution in [2.24, 2.45) is 0 Å². The van der Waals surface area contributed by atoms with Crippen molar-refractivity contribution in [1.29, 1.82) is 0 Å². The van der Waals surface area contributed by atoms with Gasteiger partial charge in [0.1, 0.15) is 0 Å². The minimum absolute atomic E-state index is 0. The van der Waals surface area contributed by atoms with Gasteiger partial charge in [-0.05, 0) is 12.1 Å². The normalized spacial score (nSPS) is 10.3.